The number of aliphatic hydroxyl groups excluding tert-OH is 1. The molecule has 6 nitrogen and oxygen atoms in total. The smallest absolute Gasteiger partial charge is 0.295 e. The first-order valence-corrected chi connectivity index (χ1v) is 11.0. The summed E-state index contributed by atoms with van der Waals surface area (Å²) >= 11 is 0. The van der Waals surface area contributed by atoms with Gasteiger partial charge in [0.05, 0.1) is 11.6 Å². The molecule has 0 spiro atoms. The summed E-state index contributed by atoms with van der Waals surface area (Å²) in [5.74, 6) is -0.921. The molecule has 4 rings (SSSR count). The zero-order valence-electron chi connectivity index (χ0n) is 19.2. The van der Waals surface area contributed by atoms with Crippen molar-refractivity contribution in [3.63, 3.8) is 0 Å². The molecule has 0 radical (unpaired) electrons. The van der Waals surface area contributed by atoms with Gasteiger partial charge in [-0.2, -0.15) is 0 Å². The average Bonchev–Trinajstić information content (AvgIpc) is 3.09. The van der Waals surface area contributed by atoms with Crippen LogP contribution >= 0.6 is 0 Å². The molecule has 0 aliphatic carbocycles. The van der Waals surface area contributed by atoms with Gasteiger partial charge in [0.15, 0.2) is 0 Å². The number of hydrogen-bond donors (Lipinski definition) is 1. The van der Waals surface area contributed by atoms with Crippen LogP contribution in [-0.4, -0.2) is 33.3 Å². The highest BCUT2D eigenvalue weighted by molar-refractivity contribution is 6.46. The minimum atomic E-state index is -0.724. The summed E-state index contributed by atoms with van der Waals surface area (Å²) in [5.41, 5.74) is 3.90. The third kappa shape index (κ3) is 4.48. The van der Waals surface area contributed by atoms with E-state index in [0.717, 1.165) is 22.3 Å². The van der Waals surface area contributed by atoms with Gasteiger partial charge in [0.25, 0.3) is 11.7 Å². The number of carbonyl (C=O) groups excluding carboxylic acids is 2. The number of Topliss-reactive ketones (excluding diaryl/α,β-unsaturated/α-hetero) is 1. The Morgan fingerprint density at radius 3 is 2.56 bits per heavy atom. The minimum Gasteiger partial charge on any atom is -0.507 e. The van der Waals surface area contributed by atoms with Crippen LogP contribution in [0.2, 0.25) is 0 Å². The molecule has 172 valence electrons. The van der Waals surface area contributed by atoms with Gasteiger partial charge in [-0.3, -0.25) is 14.6 Å². The molecule has 1 N–H and O–H groups in total. The Labute approximate surface area is 198 Å². The number of carbonyl (C=O) groups is 2. The highest BCUT2D eigenvalue weighted by Gasteiger charge is 2.46. The van der Waals surface area contributed by atoms with Crippen molar-refractivity contribution in [1.82, 2.24) is 9.88 Å². The fourth-order valence-corrected chi connectivity index (χ4v) is 4.09. The summed E-state index contributed by atoms with van der Waals surface area (Å²) in [5, 5.41) is 11.3. The number of hydrogen-bond acceptors (Lipinski definition) is 5. The second kappa shape index (κ2) is 9.75. The number of aromatic nitrogens is 1. The normalized spacial score (nSPS) is 17.1. The quantitative estimate of drug-likeness (QED) is 0.238. The number of aliphatic hydroxyl groups is 1. The molecule has 2 aromatic carbocycles. The molecule has 2 heterocycles. The van der Waals surface area contributed by atoms with Crippen molar-refractivity contribution in [2.24, 2.45) is 0 Å². The zero-order chi connectivity index (χ0) is 24.2. The number of nitrogens with zero attached hydrogens (tertiary/aromatic N) is 2. The summed E-state index contributed by atoms with van der Waals surface area (Å²) in [4.78, 5) is 31.9. The van der Waals surface area contributed by atoms with E-state index in [1.54, 1.807) is 42.7 Å². The molecule has 1 saturated heterocycles. The van der Waals surface area contributed by atoms with Crippen LogP contribution in [0.15, 0.2) is 85.2 Å². The minimum absolute atomic E-state index is 0.0666. The average molecular weight is 455 g/mol. The number of rotatable bonds is 7. The maximum Gasteiger partial charge on any atom is 0.295 e. The Hall–Kier alpha value is -4.19. The van der Waals surface area contributed by atoms with Crippen LogP contribution in [0.3, 0.4) is 0 Å². The van der Waals surface area contributed by atoms with E-state index < -0.39 is 17.7 Å². The van der Waals surface area contributed by atoms with Crippen LogP contribution in [0, 0.1) is 13.8 Å². The number of aryl methyl sites for hydroxylation is 2. The molecule has 1 aliphatic heterocycles. The SMILES string of the molecule is C=CCOc1ccc(C(O)=C2C(=O)C(=O)N(Cc3cccnc3)C2c2ccc(C)cc2)cc1C. The van der Waals surface area contributed by atoms with E-state index in [1.165, 1.54) is 4.90 Å². The molecule has 1 unspecified atom stereocenters. The van der Waals surface area contributed by atoms with E-state index in [1.807, 2.05) is 44.2 Å². The Balaban J connectivity index is 1.81. The van der Waals surface area contributed by atoms with E-state index >= 15 is 0 Å². The van der Waals surface area contributed by atoms with Crippen LogP contribution in [-0.2, 0) is 16.1 Å². The molecular formula is C28H26N2O4. The standard InChI is InChI=1S/C28H26N2O4/c1-4-14-34-23-12-11-22(15-19(23)3)26(31)24-25(21-9-7-18(2)8-10-21)30(28(33)27(24)32)17-20-6-5-13-29-16-20/h4-13,15-16,25,31H,1,14,17H2,2-3H3. The first-order chi connectivity index (χ1) is 16.4. The van der Waals surface area contributed by atoms with Crippen molar-refractivity contribution in [2.75, 3.05) is 6.61 Å². The highest BCUT2D eigenvalue weighted by Crippen LogP contribution is 2.40. The molecule has 1 aromatic heterocycles. The van der Waals surface area contributed by atoms with Crippen LogP contribution in [0.4, 0.5) is 0 Å². The maximum absolute atomic E-state index is 13.2. The van der Waals surface area contributed by atoms with Gasteiger partial charge < -0.3 is 14.7 Å². The summed E-state index contributed by atoms with van der Waals surface area (Å²) in [6.45, 7) is 8.03. The van der Waals surface area contributed by atoms with Crippen molar-refractivity contribution in [3.8, 4) is 5.75 Å². The molecule has 1 fully saturated rings. The summed E-state index contributed by atoms with van der Waals surface area (Å²) in [6, 6.07) is 15.7. The lowest BCUT2D eigenvalue weighted by atomic mass is 9.94. The van der Waals surface area contributed by atoms with E-state index in [-0.39, 0.29) is 17.9 Å². The van der Waals surface area contributed by atoms with Crippen molar-refractivity contribution in [1.29, 1.82) is 0 Å². The Bertz CT molecular complexity index is 1260. The molecule has 0 saturated carbocycles. The second-order valence-corrected chi connectivity index (χ2v) is 8.28. The van der Waals surface area contributed by atoms with Crippen LogP contribution in [0.5, 0.6) is 5.75 Å². The summed E-state index contributed by atoms with van der Waals surface area (Å²) < 4.78 is 5.62. The lowest BCUT2D eigenvalue weighted by molar-refractivity contribution is -0.140. The lowest BCUT2D eigenvalue weighted by Crippen LogP contribution is -2.29. The molecular weight excluding hydrogens is 428 g/mol. The number of likely N-dealkylation sites (tertiary alicyclic amines) is 1. The monoisotopic (exact) mass is 454 g/mol. The van der Waals surface area contributed by atoms with E-state index in [9.17, 15) is 14.7 Å². The van der Waals surface area contributed by atoms with Gasteiger partial charge in [-0.1, -0.05) is 48.6 Å². The maximum atomic E-state index is 13.2. The molecule has 6 heteroatoms. The first kappa shape index (κ1) is 23.0. The van der Waals surface area contributed by atoms with Crippen LogP contribution in [0.25, 0.3) is 5.76 Å². The number of pyridine rings is 1. The Morgan fingerprint density at radius 2 is 1.91 bits per heavy atom. The van der Waals surface area contributed by atoms with Crippen molar-refractivity contribution in [3.05, 3.63) is 113 Å². The molecule has 1 amide bonds. The summed E-state index contributed by atoms with van der Waals surface area (Å²) in [6.07, 6.45) is 4.97. The van der Waals surface area contributed by atoms with Crippen molar-refractivity contribution >= 4 is 17.4 Å². The van der Waals surface area contributed by atoms with Gasteiger partial charge in [-0.15, -0.1) is 0 Å². The molecule has 34 heavy (non-hydrogen) atoms. The highest BCUT2D eigenvalue weighted by atomic mass is 16.5. The predicted molar refractivity (Wildman–Crippen MR) is 130 cm³/mol. The third-order valence-electron chi connectivity index (χ3n) is 5.81. The topological polar surface area (TPSA) is 79.7 Å². The molecule has 1 aliphatic rings. The second-order valence-electron chi connectivity index (χ2n) is 8.28. The van der Waals surface area contributed by atoms with Crippen molar-refractivity contribution in [2.45, 2.75) is 26.4 Å². The lowest BCUT2D eigenvalue weighted by Gasteiger charge is -2.25. The van der Waals surface area contributed by atoms with Crippen LogP contribution in [0.1, 0.15) is 33.9 Å². The van der Waals surface area contributed by atoms with Gasteiger partial charge in [0.2, 0.25) is 0 Å². The van der Waals surface area contributed by atoms with Gasteiger partial charge in [-0.25, -0.2) is 0 Å². The first-order valence-electron chi connectivity index (χ1n) is 11.0. The summed E-state index contributed by atoms with van der Waals surface area (Å²) in [7, 11) is 0. The number of ketones is 1. The van der Waals surface area contributed by atoms with Gasteiger partial charge in [0.1, 0.15) is 18.1 Å². The number of ether oxygens (including phenoxy) is 1. The largest absolute Gasteiger partial charge is 0.507 e. The van der Waals surface area contributed by atoms with Gasteiger partial charge in [0, 0.05) is 24.5 Å². The third-order valence-corrected chi connectivity index (χ3v) is 5.81. The van der Waals surface area contributed by atoms with Gasteiger partial charge in [-0.05, 0) is 54.8 Å². The molecule has 1 atom stereocenters. The fourth-order valence-electron chi connectivity index (χ4n) is 4.09. The number of benzene rings is 2. The zero-order valence-corrected chi connectivity index (χ0v) is 19.2. The Morgan fingerprint density at radius 1 is 1.15 bits per heavy atom. The fraction of sp³-hybridized carbons (Fsp3) is 0.179. The predicted octanol–water partition coefficient (Wildman–Crippen LogP) is 4.89. The Kier molecular flexibility index (Phi) is 6.59. The van der Waals surface area contributed by atoms with Gasteiger partial charge >= 0.3 is 0 Å². The van der Waals surface area contributed by atoms with E-state index in [4.69, 9.17) is 4.74 Å². The molecule has 0 bridgehead atoms. The van der Waals surface area contributed by atoms with Crippen LogP contribution < -0.4 is 4.74 Å². The van der Waals surface area contributed by atoms with E-state index in [2.05, 4.69) is 11.6 Å². The van der Waals surface area contributed by atoms with E-state index in [0.29, 0.717) is 17.9 Å². The number of amides is 1. The van der Waals surface area contributed by atoms with Crippen molar-refractivity contribution < 1.29 is 19.4 Å². The molecule has 3 aromatic rings.